The zero-order valence-electron chi connectivity index (χ0n) is 16.9. The van der Waals surface area contributed by atoms with Gasteiger partial charge in [-0.1, -0.05) is 36.4 Å². The zero-order valence-corrected chi connectivity index (χ0v) is 16.9. The first kappa shape index (κ1) is 19.5. The fraction of sp³-hybridized carbons (Fsp3) is 0.227. The number of benzene rings is 2. The average Bonchev–Trinajstić information content (AvgIpc) is 3.03. The Morgan fingerprint density at radius 3 is 2.37 bits per heavy atom. The molecule has 0 saturated heterocycles. The highest BCUT2D eigenvalue weighted by atomic mass is 16.3. The second kappa shape index (κ2) is 7.55. The van der Waals surface area contributed by atoms with E-state index >= 15 is 0 Å². The molecule has 2 heterocycles. The molecule has 0 aliphatic heterocycles. The smallest absolute Gasteiger partial charge is 0.316 e. The number of amides is 1. The standard InChI is InChI=1S/C22H21N5O3/c1-4-26-21(29)15-10-6-5-9-14(15)18(25-26)20(28)24-23-19-16-11-7-8-12-17(16)27(13(2)3)22(19)30/h5-13,30H,4H2,1-3H3. The highest BCUT2D eigenvalue weighted by Gasteiger charge is 2.20. The summed E-state index contributed by atoms with van der Waals surface area (Å²) in [5.74, 6) is -0.742. The third kappa shape index (κ3) is 3.06. The molecule has 0 aliphatic carbocycles. The van der Waals surface area contributed by atoms with Gasteiger partial charge in [-0.3, -0.25) is 9.59 Å². The lowest BCUT2D eigenvalue weighted by Gasteiger charge is -2.10. The Morgan fingerprint density at radius 1 is 1.07 bits per heavy atom. The number of carbonyl (C=O) groups is 1. The molecular weight excluding hydrogens is 382 g/mol. The van der Waals surface area contributed by atoms with Gasteiger partial charge in [-0.25, -0.2) is 4.68 Å². The minimum Gasteiger partial charge on any atom is -0.493 e. The molecule has 1 N–H and O–H groups in total. The summed E-state index contributed by atoms with van der Waals surface area (Å²) in [6.45, 7) is 5.99. The minimum atomic E-state index is -0.686. The molecule has 4 aromatic rings. The number of aromatic nitrogens is 3. The third-order valence-corrected chi connectivity index (χ3v) is 4.99. The van der Waals surface area contributed by atoms with Crippen LogP contribution in [0.2, 0.25) is 0 Å². The topological polar surface area (TPSA) is 102 Å². The first-order valence-corrected chi connectivity index (χ1v) is 9.71. The van der Waals surface area contributed by atoms with E-state index < -0.39 is 5.91 Å². The summed E-state index contributed by atoms with van der Waals surface area (Å²) in [7, 11) is 0. The van der Waals surface area contributed by atoms with E-state index in [4.69, 9.17) is 0 Å². The van der Waals surface area contributed by atoms with Crippen molar-refractivity contribution in [1.82, 2.24) is 14.3 Å². The predicted octanol–water partition coefficient (Wildman–Crippen LogP) is 4.58. The van der Waals surface area contributed by atoms with Gasteiger partial charge in [0.05, 0.1) is 10.9 Å². The van der Waals surface area contributed by atoms with Crippen molar-refractivity contribution in [2.24, 2.45) is 10.2 Å². The highest BCUT2D eigenvalue weighted by molar-refractivity contribution is 6.05. The summed E-state index contributed by atoms with van der Waals surface area (Å²) < 4.78 is 2.96. The number of fused-ring (bicyclic) bond motifs is 2. The molecule has 30 heavy (non-hydrogen) atoms. The fourth-order valence-corrected chi connectivity index (χ4v) is 3.60. The molecule has 0 atom stereocenters. The van der Waals surface area contributed by atoms with Crippen LogP contribution in [0.4, 0.5) is 5.69 Å². The summed E-state index contributed by atoms with van der Waals surface area (Å²) >= 11 is 0. The van der Waals surface area contributed by atoms with Gasteiger partial charge in [0.15, 0.2) is 11.4 Å². The maximum absolute atomic E-state index is 12.9. The summed E-state index contributed by atoms with van der Waals surface area (Å²) in [6.07, 6.45) is 0. The molecule has 1 amide bonds. The second-order valence-corrected chi connectivity index (χ2v) is 7.17. The van der Waals surface area contributed by atoms with E-state index in [1.165, 1.54) is 4.68 Å². The van der Waals surface area contributed by atoms with Crippen LogP contribution in [0.15, 0.2) is 63.6 Å². The lowest BCUT2D eigenvalue weighted by atomic mass is 10.1. The van der Waals surface area contributed by atoms with Crippen LogP contribution < -0.4 is 5.56 Å². The summed E-state index contributed by atoms with van der Waals surface area (Å²) in [5.41, 5.74) is 0.803. The molecule has 0 saturated carbocycles. The molecule has 0 aliphatic rings. The Bertz CT molecular complexity index is 1360. The Labute approximate surface area is 172 Å². The molecule has 0 radical (unpaired) electrons. The number of hydrogen-bond donors (Lipinski definition) is 1. The molecule has 2 aromatic heterocycles. The second-order valence-electron chi connectivity index (χ2n) is 7.17. The SMILES string of the molecule is CCn1nc(C(=O)N=Nc2c(O)n(C(C)C)c3ccccc23)c2ccccc2c1=O. The molecule has 8 heteroatoms. The van der Waals surface area contributed by atoms with Crippen LogP contribution >= 0.6 is 0 Å². The number of nitrogens with zero attached hydrogens (tertiary/aromatic N) is 5. The van der Waals surface area contributed by atoms with Crippen molar-refractivity contribution in [2.75, 3.05) is 0 Å². The molecule has 0 spiro atoms. The van der Waals surface area contributed by atoms with E-state index in [1.807, 2.05) is 38.1 Å². The van der Waals surface area contributed by atoms with Crippen LogP contribution in [-0.2, 0) is 6.54 Å². The average molecular weight is 403 g/mol. The number of aryl methyl sites for hydroxylation is 1. The van der Waals surface area contributed by atoms with Crippen LogP contribution in [-0.4, -0.2) is 25.4 Å². The molecule has 4 rings (SSSR count). The predicted molar refractivity (Wildman–Crippen MR) is 115 cm³/mol. The lowest BCUT2D eigenvalue weighted by molar-refractivity contribution is 0.0990. The summed E-state index contributed by atoms with van der Waals surface area (Å²) in [4.78, 5) is 25.3. The fourth-order valence-electron chi connectivity index (χ4n) is 3.60. The molecule has 2 aromatic carbocycles. The zero-order chi connectivity index (χ0) is 21.4. The lowest BCUT2D eigenvalue weighted by Crippen LogP contribution is -2.24. The van der Waals surface area contributed by atoms with E-state index in [0.29, 0.717) is 22.7 Å². The van der Waals surface area contributed by atoms with Crippen molar-refractivity contribution in [2.45, 2.75) is 33.4 Å². The normalized spacial score (nSPS) is 11.9. The maximum Gasteiger partial charge on any atom is 0.316 e. The van der Waals surface area contributed by atoms with Gasteiger partial charge in [0, 0.05) is 23.4 Å². The Morgan fingerprint density at radius 2 is 1.70 bits per heavy atom. The van der Waals surface area contributed by atoms with E-state index in [0.717, 1.165) is 5.52 Å². The minimum absolute atomic E-state index is 0.00623. The van der Waals surface area contributed by atoms with Gasteiger partial charge in [-0.15, -0.1) is 10.2 Å². The summed E-state index contributed by atoms with van der Waals surface area (Å²) in [6, 6.07) is 14.2. The number of azo groups is 1. The van der Waals surface area contributed by atoms with Gasteiger partial charge in [0.1, 0.15) is 0 Å². The van der Waals surface area contributed by atoms with Crippen LogP contribution in [0.5, 0.6) is 5.88 Å². The quantitative estimate of drug-likeness (QED) is 0.504. The molecule has 0 bridgehead atoms. The summed E-state index contributed by atoms with van der Waals surface area (Å²) in [5, 5.41) is 24.3. The Balaban J connectivity index is 1.84. The van der Waals surface area contributed by atoms with Crippen molar-refractivity contribution in [3.8, 4) is 5.88 Å². The van der Waals surface area contributed by atoms with Crippen LogP contribution in [0.25, 0.3) is 21.7 Å². The van der Waals surface area contributed by atoms with E-state index in [9.17, 15) is 14.7 Å². The van der Waals surface area contributed by atoms with E-state index in [2.05, 4.69) is 15.3 Å². The van der Waals surface area contributed by atoms with Gasteiger partial charge < -0.3 is 9.67 Å². The molecule has 152 valence electrons. The largest absolute Gasteiger partial charge is 0.493 e. The first-order valence-electron chi connectivity index (χ1n) is 9.71. The molecule has 8 nitrogen and oxygen atoms in total. The van der Waals surface area contributed by atoms with Crippen molar-refractivity contribution in [1.29, 1.82) is 0 Å². The monoisotopic (exact) mass is 403 g/mol. The number of para-hydroxylation sites is 1. The van der Waals surface area contributed by atoms with E-state index in [1.54, 1.807) is 35.8 Å². The van der Waals surface area contributed by atoms with Crippen LogP contribution in [0.3, 0.4) is 0 Å². The third-order valence-electron chi connectivity index (χ3n) is 4.99. The Hall–Kier alpha value is -3.81. The van der Waals surface area contributed by atoms with Gasteiger partial charge >= 0.3 is 5.91 Å². The van der Waals surface area contributed by atoms with E-state index in [-0.39, 0.29) is 28.9 Å². The maximum atomic E-state index is 12.9. The number of rotatable bonds is 4. The van der Waals surface area contributed by atoms with Gasteiger partial charge in [0.2, 0.25) is 5.88 Å². The van der Waals surface area contributed by atoms with Crippen LogP contribution in [0, 0.1) is 0 Å². The highest BCUT2D eigenvalue weighted by Crippen LogP contribution is 2.40. The van der Waals surface area contributed by atoms with Crippen molar-refractivity contribution >= 4 is 33.3 Å². The van der Waals surface area contributed by atoms with Crippen LogP contribution in [0.1, 0.15) is 37.3 Å². The number of hydrogen-bond acceptors (Lipinski definition) is 5. The van der Waals surface area contributed by atoms with Gasteiger partial charge in [-0.2, -0.15) is 5.10 Å². The number of aromatic hydroxyl groups is 1. The molecule has 0 fully saturated rings. The van der Waals surface area contributed by atoms with Crippen molar-refractivity contribution in [3.05, 3.63) is 64.6 Å². The molecule has 0 unspecified atom stereocenters. The molecular formula is C22H21N5O3. The van der Waals surface area contributed by atoms with Crippen molar-refractivity contribution < 1.29 is 9.90 Å². The van der Waals surface area contributed by atoms with Gasteiger partial charge in [-0.05, 0) is 32.9 Å². The first-order chi connectivity index (χ1) is 14.4. The van der Waals surface area contributed by atoms with Crippen molar-refractivity contribution in [3.63, 3.8) is 0 Å². The Kier molecular flexibility index (Phi) is 4.91. The van der Waals surface area contributed by atoms with Gasteiger partial charge in [0.25, 0.3) is 5.56 Å². The number of carbonyl (C=O) groups excluding carboxylic acids is 1.